The molecule has 4 heteroatoms. The maximum atomic E-state index is 14.1. The molecular formula is C17H21FN2O. The van der Waals surface area contributed by atoms with Gasteiger partial charge in [-0.05, 0) is 37.5 Å². The van der Waals surface area contributed by atoms with Gasteiger partial charge in [0.05, 0.1) is 5.69 Å². The maximum absolute atomic E-state index is 14.1. The lowest BCUT2D eigenvalue weighted by Crippen LogP contribution is -2.34. The Morgan fingerprint density at radius 1 is 1.29 bits per heavy atom. The summed E-state index contributed by atoms with van der Waals surface area (Å²) in [5.41, 5.74) is 1.46. The molecule has 0 radical (unpaired) electrons. The molecule has 1 aromatic heterocycles. The zero-order chi connectivity index (χ0) is 15.6. The lowest BCUT2D eigenvalue weighted by atomic mass is 10.2. The molecule has 0 saturated heterocycles. The van der Waals surface area contributed by atoms with Gasteiger partial charge in [0.25, 0.3) is 5.56 Å². The number of benzene rings is 1. The Hall–Kier alpha value is -2.10. The molecule has 21 heavy (non-hydrogen) atoms. The van der Waals surface area contributed by atoms with Crippen LogP contribution in [0.2, 0.25) is 0 Å². The van der Waals surface area contributed by atoms with Crippen molar-refractivity contribution in [3.05, 3.63) is 50.8 Å². The molecule has 2 aromatic rings. The van der Waals surface area contributed by atoms with E-state index in [1.54, 1.807) is 12.1 Å². The normalized spacial score (nSPS) is 13.0. The zero-order valence-electron chi connectivity index (χ0n) is 12.8. The molecule has 0 unspecified atom stereocenters. The van der Waals surface area contributed by atoms with E-state index in [-0.39, 0.29) is 11.2 Å². The highest BCUT2D eigenvalue weighted by Crippen LogP contribution is 2.11. The van der Waals surface area contributed by atoms with Gasteiger partial charge in [-0.25, -0.2) is 4.39 Å². The highest BCUT2D eigenvalue weighted by atomic mass is 19.1. The molecule has 1 aliphatic rings. The Labute approximate surface area is 123 Å². The Balaban J connectivity index is 0.000000774. The lowest BCUT2D eigenvalue weighted by molar-refractivity contribution is 0.592. The Morgan fingerprint density at radius 3 is 2.62 bits per heavy atom. The summed E-state index contributed by atoms with van der Waals surface area (Å²) in [7, 11) is 0. The number of hydrogen-bond acceptors (Lipinski definition) is 1. The summed E-state index contributed by atoms with van der Waals surface area (Å²) in [6.45, 7) is 10.5. The zero-order valence-corrected chi connectivity index (χ0v) is 12.8. The van der Waals surface area contributed by atoms with Gasteiger partial charge >= 0.3 is 0 Å². The van der Waals surface area contributed by atoms with Gasteiger partial charge in [0.15, 0.2) is 0 Å². The summed E-state index contributed by atoms with van der Waals surface area (Å²) in [5.74, 6) is -0.394. The molecule has 3 nitrogen and oxygen atoms in total. The fourth-order valence-corrected chi connectivity index (χ4v) is 2.58. The molecular weight excluding hydrogens is 267 g/mol. The Kier molecular flexibility index (Phi) is 4.46. The minimum Gasteiger partial charge on any atom is -0.324 e. The van der Waals surface area contributed by atoms with E-state index in [1.807, 2.05) is 31.4 Å². The fourth-order valence-electron chi connectivity index (χ4n) is 2.58. The highest BCUT2D eigenvalue weighted by molar-refractivity contribution is 5.37. The van der Waals surface area contributed by atoms with E-state index in [0.29, 0.717) is 10.8 Å². The van der Waals surface area contributed by atoms with Crippen LogP contribution >= 0.6 is 0 Å². The number of imidazole rings is 1. The Bertz CT molecular complexity index is 815. The summed E-state index contributed by atoms with van der Waals surface area (Å²) in [6.07, 6.45) is 3.78. The molecule has 1 aromatic carbocycles. The number of halogens is 1. The standard InChI is InChI=1S/C15H15FN2O.C2H6/c1-10-6-7-13(12(16)9-10)18-11(2)17-8-4-3-5-14(17)15(18)19;1-2/h5-7,9H,2-4,8H2,1H3;1-2H3. The van der Waals surface area contributed by atoms with E-state index in [9.17, 15) is 9.18 Å². The third kappa shape index (κ3) is 2.58. The van der Waals surface area contributed by atoms with Gasteiger partial charge in [0, 0.05) is 6.54 Å². The van der Waals surface area contributed by atoms with Crippen molar-refractivity contribution < 1.29 is 4.39 Å². The van der Waals surface area contributed by atoms with Crippen molar-refractivity contribution in [3.8, 4) is 5.69 Å². The van der Waals surface area contributed by atoms with E-state index in [0.717, 1.165) is 24.9 Å². The maximum Gasteiger partial charge on any atom is 0.280 e. The van der Waals surface area contributed by atoms with Gasteiger partial charge in [0.2, 0.25) is 0 Å². The lowest BCUT2D eigenvalue weighted by Gasteiger charge is -2.08. The van der Waals surface area contributed by atoms with E-state index in [2.05, 4.69) is 6.58 Å². The van der Waals surface area contributed by atoms with Crippen molar-refractivity contribution in [3.63, 3.8) is 0 Å². The molecule has 0 N–H and O–H groups in total. The average Bonchev–Trinajstić information content (AvgIpc) is 2.75. The molecule has 0 spiro atoms. The summed E-state index contributed by atoms with van der Waals surface area (Å²) >= 11 is 0. The van der Waals surface area contributed by atoms with Crippen LogP contribution in [0.4, 0.5) is 4.39 Å². The molecule has 1 aliphatic heterocycles. The number of nitrogens with zero attached hydrogens (tertiary/aromatic N) is 2. The van der Waals surface area contributed by atoms with Crippen LogP contribution in [0, 0.1) is 12.7 Å². The van der Waals surface area contributed by atoms with Crippen LogP contribution in [0.1, 0.15) is 32.3 Å². The summed E-state index contributed by atoms with van der Waals surface area (Å²) in [5, 5.41) is 0.622. The number of fused-ring (bicyclic) bond motifs is 1. The van der Waals surface area contributed by atoms with Crippen LogP contribution in [-0.4, -0.2) is 9.13 Å². The smallest absolute Gasteiger partial charge is 0.280 e. The quantitative estimate of drug-likeness (QED) is 0.789. The minimum absolute atomic E-state index is 0.188. The first-order valence-corrected chi connectivity index (χ1v) is 7.37. The molecule has 0 saturated carbocycles. The summed E-state index contributed by atoms with van der Waals surface area (Å²) in [4.78, 5) is 12.4. The van der Waals surface area contributed by atoms with Gasteiger partial charge < -0.3 is 4.57 Å². The van der Waals surface area contributed by atoms with Crippen LogP contribution in [-0.2, 0) is 6.54 Å². The first-order chi connectivity index (χ1) is 10.1. The van der Waals surface area contributed by atoms with Gasteiger partial charge in [-0.2, -0.15) is 0 Å². The van der Waals surface area contributed by atoms with Crippen molar-refractivity contribution in [2.75, 3.05) is 0 Å². The van der Waals surface area contributed by atoms with Crippen LogP contribution in [0.3, 0.4) is 0 Å². The van der Waals surface area contributed by atoms with E-state index >= 15 is 0 Å². The molecule has 0 aliphatic carbocycles. The van der Waals surface area contributed by atoms with E-state index in [1.165, 1.54) is 10.6 Å². The van der Waals surface area contributed by atoms with Crippen molar-refractivity contribution in [2.24, 2.45) is 0 Å². The predicted molar refractivity (Wildman–Crippen MR) is 84.5 cm³/mol. The van der Waals surface area contributed by atoms with Crippen molar-refractivity contribution in [1.82, 2.24) is 9.13 Å². The molecule has 3 rings (SSSR count). The minimum atomic E-state index is -0.394. The van der Waals surface area contributed by atoms with Crippen molar-refractivity contribution in [2.45, 2.75) is 40.2 Å². The highest BCUT2D eigenvalue weighted by Gasteiger charge is 2.15. The Morgan fingerprint density at radius 2 is 2.00 bits per heavy atom. The monoisotopic (exact) mass is 288 g/mol. The molecule has 112 valence electrons. The first kappa shape index (κ1) is 15.3. The number of aryl methyl sites for hydroxylation is 1. The summed E-state index contributed by atoms with van der Waals surface area (Å²) < 4.78 is 17.3. The van der Waals surface area contributed by atoms with Crippen LogP contribution in [0.25, 0.3) is 18.3 Å². The predicted octanol–water partition coefficient (Wildman–Crippen LogP) is 2.10. The number of hydrogen-bond donors (Lipinski definition) is 0. The van der Waals surface area contributed by atoms with Crippen LogP contribution < -0.4 is 16.4 Å². The number of aromatic nitrogens is 2. The van der Waals surface area contributed by atoms with E-state index in [4.69, 9.17) is 0 Å². The average molecular weight is 288 g/mol. The third-order valence-corrected chi connectivity index (χ3v) is 3.55. The second-order valence-corrected chi connectivity index (χ2v) is 4.89. The van der Waals surface area contributed by atoms with Gasteiger partial charge in [-0.1, -0.05) is 32.6 Å². The second kappa shape index (κ2) is 6.12. The van der Waals surface area contributed by atoms with E-state index < -0.39 is 5.82 Å². The SMILES string of the molecule is C=c1n2c(c(=O)n1-c1ccc(C)cc1F)=CCCC2.CC. The molecule has 0 bridgehead atoms. The van der Waals surface area contributed by atoms with Crippen LogP contribution in [0.15, 0.2) is 23.0 Å². The van der Waals surface area contributed by atoms with Gasteiger partial charge in [0.1, 0.15) is 16.6 Å². The molecule has 2 heterocycles. The van der Waals surface area contributed by atoms with Crippen molar-refractivity contribution in [1.29, 1.82) is 0 Å². The van der Waals surface area contributed by atoms with Gasteiger partial charge in [-0.3, -0.25) is 9.36 Å². The van der Waals surface area contributed by atoms with Crippen molar-refractivity contribution >= 4 is 12.7 Å². The first-order valence-electron chi connectivity index (χ1n) is 7.37. The number of rotatable bonds is 1. The fraction of sp³-hybridized carbons (Fsp3) is 0.353. The molecule has 0 atom stereocenters. The summed E-state index contributed by atoms with van der Waals surface area (Å²) in [6, 6.07) is 4.86. The van der Waals surface area contributed by atoms with Crippen LogP contribution in [0.5, 0.6) is 0 Å². The molecule has 0 amide bonds. The van der Waals surface area contributed by atoms with Gasteiger partial charge in [-0.15, -0.1) is 0 Å². The molecule has 0 fully saturated rings. The second-order valence-electron chi connectivity index (χ2n) is 4.89. The third-order valence-electron chi connectivity index (χ3n) is 3.55. The largest absolute Gasteiger partial charge is 0.324 e. The topological polar surface area (TPSA) is 26.9 Å².